The predicted octanol–water partition coefficient (Wildman–Crippen LogP) is 3.82. The molecule has 0 radical (unpaired) electrons. The summed E-state index contributed by atoms with van der Waals surface area (Å²) in [6, 6.07) is 31.3. The molecular weight excluding hydrogens is 419 g/mol. The van der Waals surface area contributed by atoms with Crippen molar-refractivity contribution in [1.29, 1.82) is 0 Å². The molecule has 3 aromatic carbocycles. The summed E-state index contributed by atoms with van der Waals surface area (Å²) in [6.45, 7) is -2.99. The third-order valence-corrected chi connectivity index (χ3v) is 13.0. The fourth-order valence-electron chi connectivity index (χ4n) is 4.25. The van der Waals surface area contributed by atoms with Crippen LogP contribution in [0.5, 0.6) is 0 Å². The van der Waals surface area contributed by atoms with Gasteiger partial charge in [-0.2, -0.15) is 0 Å². The molecule has 0 unspecified atom stereocenters. The van der Waals surface area contributed by atoms with Gasteiger partial charge in [0.1, 0.15) is 0 Å². The van der Waals surface area contributed by atoms with Gasteiger partial charge in [0.15, 0.2) is 0 Å². The van der Waals surface area contributed by atoms with Crippen LogP contribution in [0, 0.1) is 0 Å². The molecule has 0 amide bonds. The molecule has 0 atom stereocenters. The van der Waals surface area contributed by atoms with Gasteiger partial charge in [-0.05, 0) is 0 Å². The maximum atomic E-state index is 12.0. The Kier molecular flexibility index (Phi) is 6.26. The van der Waals surface area contributed by atoms with Crippen molar-refractivity contribution in [2.45, 2.75) is 6.42 Å². The second-order valence-corrected chi connectivity index (χ2v) is 13.1. The number of carbonyl (C=O) groups is 1. The summed E-state index contributed by atoms with van der Waals surface area (Å²) in [5.74, 6) is 0. The first-order valence-electron chi connectivity index (χ1n) is 9.10. The predicted molar refractivity (Wildman–Crippen MR) is 121 cm³/mol. The summed E-state index contributed by atoms with van der Waals surface area (Å²) in [5.41, 5.74) is 0. The SMILES string of the molecule is O=C(Br)CCP(CCO)(c1ccccc1)(c1ccccc1)c1ccccc1. The van der Waals surface area contributed by atoms with Crippen LogP contribution in [0.4, 0.5) is 0 Å². The van der Waals surface area contributed by atoms with E-state index in [1.54, 1.807) is 0 Å². The summed E-state index contributed by atoms with van der Waals surface area (Å²) in [4.78, 5) is 12.0. The zero-order chi connectivity index (χ0) is 19.2. The number of halogens is 1. The monoisotopic (exact) mass is 442 g/mol. The molecule has 3 rings (SSSR count). The fraction of sp³-hybridized carbons (Fsp3) is 0.174. The maximum absolute atomic E-state index is 12.0. The topological polar surface area (TPSA) is 37.3 Å². The van der Waals surface area contributed by atoms with E-state index in [0.29, 0.717) is 18.7 Å². The van der Waals surface area contributed by atoms with E-state index in [1.165, 1.54) is 15.9 Å². The van der Waals surface area contributed by atoms with Crippen LogP contribution in [0.25, 0.3) is 0 Å². The molecule has 0 fully saturated rings. The Balaban J connectivity index is 2.46. The molecule has 0 aromatic heterocycles. The van der Waals surface area contributed by atoms with Crippen molar-refractivity contribution >= 4 is 43.1 Å². The van der Waals surface area contributed by atoms with E-state index in [4.69, 9.17) is 0 Å². The summed E-state index contributed by atoms with van der Waals surface area (Å²) >= 11 is 3.14. The number of carbonyl (C=O) groups excluding carboxylic acids is 1. The van der Waals surface area contributed by atoms with Crippen LogP contribution in [0.15, 0.2) is 91.0 Å². The molecule has 0 saturated heterocycles. The van der Waals surface area contributed by atoms with Gasteiger partial charge >= 0.3 is 169 Å². The number of aliphatic hydroxyl groups is 1. The number of aliphatic hydroxyl groups excluding tert-OH is 1. The van der Waals surface area contributed by atoms with Gasteiger partial charge in [-0.1, -0.05) is 0 Å². The number of benzene rings is 3. The number of hydrogen-bond donors (Lipinski definition) is 1. The van der Waals surface area contributed by atoms with Crippen molar-refractivity contribution in [2.24, 2.45) is 0 Å². The zero-order valence-corrected chi connectivity index (χ0v) is 17.6. The van der Waals surface area contributed by atoms with Crippen LogP contribution in [0.1, 0.15) is 6.42 Å². The molecule has 0 saturated carbocycles. The summed E-state index contributed by atoms with van der Waals surface area (Å²) < 4.78 is -0.00256. The van der Waals surface area contributed by atoms with E-state index >= 15 is 0 Å². The Morgan fingerprint density at radius 1 is 0.704 bits per heavy atom. The molecule has 3 aromatic rings. The van der Waals surface area contributed by atoms with Gasteiger partial charge < -0.3 is 0 Å². The average molecular weight is 443 g/mol. The Hall–Kier alpha value is -1.80. The van der Waals surface area contributed by atoms with Crippen molar-refractivity contribution in [3.8, 4) is 0 Å². The van der Waals surface area contributed by atoms with Crippen LogP contribution in [0.2, 0.25) is 0 Å². The second kappa shape index (κ2) is 8.48. The summed E-state index contributed by atoms with van der Waals surface area (Å²) in [7, 11) is 0. The normalized spacial score (nSPS) is 12.9. The Morgan fingerprint density at radius 3 is 1.37 bits per heavy atom. The summed E-state index contributed by atoms with van der Waals surface area (Å²) in [5, 5.41) is 13.9. The molecule has 140 valence electrons. The average Bonchev–Trinajstić information content (AvgIpc) is 2.73. The standard InChI is InChI=1S/C23H24BrO2P/c24-23(26)16-18-27(19-17-25,20-10-4-1-5-11-20,21-12-6-2-7-13-21)22-14-8-3-9-15-22/h1-15,25H,16-19H2. The Bertz CT molecular complexity index is 783. The third-order valence-electron chi connectivity index (χ3n) is 5.53. The van der Waals surface area contributed by atoms with E-state index in [-0.39, 0.29) is 11.3 Å². The molecule has 0 aliphatic heterocycles. The van der Waals surface area contributed by atoms with E-state index in [2.05, 4.69) is 88.7 Å². The van der Waals surface area contributed by atoms with Gasteiger partial charge in [-0.15, -0.1) is 0 Å². The van der Waals surface area contributed by atoms with E-state index in [0.717, 1.165) is 0 Å². The fourth-order valence-corrected chi connectivity index (χ4v) is 11.2. The first-order valence-corrected chi connectivity index (χ1v) is 12.5. The zero-order valence-electron chi connectivity index (χ0n) is 15.2. The molecule has 4 heteroatoms. The van der Waals surface area contributed by atoms with Crippen LogP contribution in [-0.4, -0.2) is 28.7 Å². The van der Waals surface area contributed by atoms with Crippen LogP contribution in [0.3, 0.4) is 0 Å². The van der Waals surface area contributed by atoms with Crippen molar-refractivity contribution in [3.63, 3.8) is 0 Å². The van der Waals surface area contributed by atoms with Crippen LogP contribution < -0.4 is 15.9 Å². The molecule has 0 aliphatic carbocycles. The molecular formula is C23H24BrO2P. The van der Waals surface area contributed by atoms with Crippen molar-refractivity contribution in [1.82, 2.24) is 0 Å². The second-order valence-electron chi connectivity index (χ2n) is 6.79. The number of rotatable bonds is 8. The van der Waals surface area contributed by atoms with Crippen molar-refractivity contribution in [2.75, 3.05) is 18.9 Å². The Morgan fingerprint density at radius 2 is 1.07 bits per heavy atom. The third kappa shape index (κ3) is 3.52. The first kappa shape index (κ1) is 19.9. The van der Waals surface area contributed by atoms with Crippen molar-refractivity contribution < 1.29 is 9.90 Å². The van der Waals surface area contributed by atoms with E-state index in [9.17, 15) is 9.90 Å². The summed E-state index contributed by atoms with van der Waals surface area (Å²) in [6.07, 6.45) is 1.72. The minimum atomic E-state index is -3.05. The first-order chi connectivity index (χ1) is 13.1. The molecule has 0 heterocycles. The minimum absolute atomic E-state index is 0.00256. The Labute approximate surface area is 169 Å². The molecule has 1 N–H and O–H groups in total. The van der Waals surface area contributed by atoms with Gasteiger partial charge in [0.05, 0.1) is 0 Å². The van der Waals surface area contributed by atoms with E-state index < -0.39 is 6.60 Å². The quantitative estimate of drug-likeness (QED) is 0.425. The van der Waals surface area contributed by atoms with Crippen molar-refractivity contribution in [3.05, 3.63) is 91.0 Å². The van der Waals surface area contributed by atoms with Crippen LogP contribution in [-0.2, 0) is 4.79 Å². The van der Waals surface area contributed by atoms with Gasteiger partial charge in [0, 0.05) is 0 Å². The van der Waals surface area contributed by atoms with Crippen LogP contribution >= 0.6 is 22.5 Å². The van der Waals surface area contributed by atoms with Gasteiger partial charge in [-0.3, -0.25) is 0 Å². The van der Waals surface area contributed by atoms with Gasteiger partial charge in [-0.25, -0.2) is 0 Å². The molecule has 0 aliphatic rings. The molecule has 0 bridgehead atoms. The molecule has 0 spiro atoms. The van der Waals surface area contributed by atoms with E-state index in [1.807, 2.05) is 18.2 Å². The number of hydrogen-bond acceptors (Lipinski definition) is 2. The van der Waals surface area contributed by atoms with Gasteiger partial charge in [0.2, 0.25) is 0 Å². The molecule has 27 heavy (non-hydrogen) atoms. The van der Waals surface area contributed by atoms with Gasteiger partial charge in [0.25, 0.3) is 0 Å². The molecule has 2 nitrogen and oxygen atoms in total.